The second-order valence-corrected chi connectivity index (χ2v) is 9.95. The molecular formula is C25H16ClF2N5O3S. The largest absolute Gasteiger partial charge is 0.506 e. The van der Waals surface area contributed by atoms with Gasteiger partial charge in [0.1, 0.15) is 34.4 Å². The van der Waals surface area contributed by atoms with Crippen molar-refractivity contribution in [3.63, 3.8) is 0 Å². The molecule has 0 bridgehead atoms. The lowest BCUT2D eigenvalue weighted by Gasteiger charge is -2.12. The summed E-state index contributed by atoms with van der Waals surface area (Å²) in [5.74, 6) is -1.67. The van der Waals surface area contributed by atoms with E-state index in [4.69, 9.17) is 11.6 Å². The Hall–Kier alpha value is -4.35. The number of hydrogen-bond donors (Lipinski definition) is 3. The van der Waals surface area contributed by atoms with Crippen LogP contribution in [-0.4, -0.2) is 28.5 Å². The van der Waals surface area contributed by atoms with E-state index in [0.717, 1.165) is 12.1 Å². The number of rotatable bonds is 6. The van der Waals surface area contributed by atoms with Crippen molar-refractivity contribution >= 4 is 49.7 Å². The molecule has 0 fully saturated rings. The summed E-state index contributed by atoms with van der Waals surface area (Å²) in [7, 11) is -4.33. The van der Waals surface area contributed by atoms with Crippen LogP contribution in [0.1, 0.15) is 0 Å². The molecule has 0 aliphatic heterocycles. The molecule has 3 aromatic carbocycles. The first kappa shape index (κ1) is 24.3. The maximum atomic E-state index is 14.1. The van der Waals surface area contributed by atoms with Crippen LogP contribution >= 0.6 is 11.6 Å². The van der Waals surface area contributed by atoms with Crippen molar-refractivity contribution in [1.82, 2.24) is 15.0 Å². The second-order valence-electron chi connectivity index (χ2n) is 7.89. The molecule has 2 aromatic heterocycles. The lowest BCUT2D eigenvalue weighted by molar-refractivity contribution is 0.475. The Balaban J connectivity index is 1.48. The minimum atomic E-state index is -4.33. The summed E-state index contributed by atoms with van der Waals surface area (Å²) in [4.78, 5) is 12.0. The molecule has 5 rings (SSSR count). The van der Waals surface area contributed by atoms with Crippen LogP contribution in [0.3, 0.4) is 0 Å². The number of halogens is 3. The summed E-state index contributed by atoms with van der Waals surface area (Å²) in [6.45, 7) is 0. The molecule has 3 N–H and O–H groups in total. The van der Waals surface area contributed by atoms with Crippen molar-refractivity contribution in [3.8, 4) is 16.9 Å². The fourth-order valence-corrected chi connectivity index (χ4v) is 4.89. The monoisotopic (exact) mass is 539 g/mol. The molecule has 0 atom stereocenters. The number of benzene rings is 3. The average molecular weight is 540 g/mol. The van der Waals surface area contributed by atoms with Gasteiger partial charge >= 0.3 is 0 Å². The van der Waals surface area contributed by atoms with E-state index in [1.165, 1.54) is 30.9 Å². The third-order valence-electron chi connectivity index (χ3n) is 5.35. The van der Waals surface area contributed by atoms with Crippen LogP contribution in [0, 0.1) is 11.6 Å². The molecule has 5 aromatic rings. The highest BCUT2D eigenvalue weighted by atomic mass is 35.5. The van der Waals surface area contributed by atoms with Gasteiger partial charge in [-0.3, -0.25) is 9.71 Å². The molecule has 0 aliphatic carbocycles. The number of phenols is 1. The molecule has 0 aliphatic rings. The van der Waals surface area contributed by atoms with Crippen LogP contribution in [0.15, 0.2) is 84.3 Å². The number of aromatic hydroxyl groups is 1. The maximum Gasteiger partial charge on any atom is 0.264 e. The zero-order chi connectivity index (χ0) is 26.2. The molecule has 0 radical (unpaired) electrons. The van der Waals surface area contributed by atoms with Gasteiger partial charge in [0.25, 0.3) is 10.0 Å². The zero-order valence-corrected chi connectivity index (χ0v) is 20.2. The van der Waals surface area contributed by atoms with Crippen molar-refractivity contribution in [2.75, 3.05) is 10.0 Å². The smallest absolute Gasteiger partial charge is 0.264 e. The van der Waals surface area contributed by atoms with Crippen LogP contribution < -0.4 is 10.0 Å². The number of fused-ring (bicyclic) bond motifs is 1. The quantitative estimate of drug-likeness (QED) is 0.231. The maximum absolute atomic E-state index is 14.1. The van der Waals surface area contributed by atoms with Crippen LogP contribution in [0.25, 0.3) is 22.0 Å². The Morgan fingerprint density at radius 1 is 0.865 bits per heavy atom. The van der Waals surface area contributed by atoms with Gasteiger partial charge in [0.2, 0.25) is 0 Å². The first-order valence-corrected chi connectivity index (χ1v) is 12.5. The van der Waals surface area contributed by atoms with E-state index in [2.05, 4.69) is 25.0 Å². The highest BCUT2D eigenvalue weighted by Gasteiger charge is 2.20. The van der Waals surface area contributed by atoms with Gasteiger partial charge in [0.15, 0.2) is 0 Å². The van der Waals surface area contributed by atoms with Crippen molar-refractivity contribution in [1.29, 1.82) is 0 Å². The number of aromatic nitrogens is 3. The third-order valence-corrected chi connectivity index (χ3v) is 7.07. The SMILES string of the molecule is O=S(=O)(Nc1cncc(-c2ccc3ncnc(Nc4ccc(O)c(Cl)c4)c3c2)c1)c1ccc(F)cc1F. The molecule has 12 heteroatoms. The van der Waals surface area contributed by atoms with E-state index in [-0.39, 0.29) is 16.5 Å². The molecule has 0 unspecified atom stereocenters. The van der Waals surface area contributed by atoms with Gasteiger partial charge in [-0.1, -0.05) is 17.7 Å². The van der Waals surface area contributed by atoms with Gasteiger partial charge in [0.05, 0.1) is 22.4 Å². The molecule has 37 heavy (non-hydrogen) atoms. The van der Waals surface area contributed by atoms with Crippen molar-refractivity contribution in [3.05, 3.63) is 96.0 Å². The number of anilines is 3. The summed E-state index contributed by atoms with van der Waals surface area (Å²) in [6, 6.07) is 13.7. The number of nitrogens with one attached hydrogen (secondary N) is 2. The summed E-state index contributed by atoms with van der Waals surface area (Å²) < 4.78 is 54.9. The van der Waals surface area contributed by atoms with Crippen LogP contribution in [0.2, 0.25) is 5.02 Å². The van der Waals surface area contributed by atoms with Crippen molar-refractivity contribution in [2.45, 2.75) is 4.90 Å². The van der Waals surface area contributed by atoms with E-state index in [9.17, 15) is 22.3 Å². The van der Waals surface area contributed by atoms with E-state index < -0.39 is 26.6 Å². The van der Waals surface area contributed by atoms with E-state index in [0.29, 0.717) is 39.6 Å². The molecule has 0 spiro atoms. The van der Waals surface area contributed by atoms with Gasteiger partial charge < -0.3 is 10.4 Å². The molecule has 0 saturated heterocycles. The van der Waals surface area contributed by atoms with Crippen molar-refractivity contribution in [2.24, 2.45) is 0 Å². The Kier molecular flexibility index (Phi) is 6.32. The van der Waals surface area contributed by atoms with Gasteiger partial charge in [0, 0.05) is 28.9 Å². The van der Waals surface area contributed by atoms with Gasteiger partial charge in [-0.05, 0) is 54.1 Å². The number of sulfonamides is 1. The Bertz CT molecular complexity index is 1770. The number of nitrogens with zero attached hydrogens (tertiary/aromatic N) is 3. The highest BCUT2D eigenvalue weighted by Crippen LogP contribution is 2.32. The van der Waals surface area contributed by atoms with Crippen molar-refractivity contribution < 1.29 is 22.3 Å². The fraction of sp³-hybridized carbons (Fsp3) is 0. The predicted molar refractivity (Wildman–Crippen MR) is 136 cm³/mol. The zero-order valence-electron chi connectivity index (χ0n) is 18.7. The summed E-state index contributed by atoms with van der Waals surface area (Å²) in [5.41, 5.74) is 2.56. The lowest BCUT2D eigenvalue weighted by Crippen LogP contribution is -2.15. The van der Waals surface area contributed by atoms with Gasteiger partial charge in [-0.2, -0.15) is 0 Å². The molecular weight excluding hydrogens is 524 g/mol. The average Bonchev–Trinajstić information content (AvgIpc) is 2.86. The fourth-order valence-electron chi connectivity index (χ4n) is 3.61. The van der Waals surface area contributed by atoms with Crippen LogP contribution in [0.4, 0.5) is 26.0 Å². The predicted octanol–water partition coefficient (Wildman–Crippen LogP) is 5.87. The lowest BCUT2D eigenvalue weighted by atomic mass is 10.0. The van der Waals surface area contributed by atoms with E-state index >= 15 is 0 Å². The molecule has 0 saturated carbocycles. The molecule has 186 valence electrons. The first-order chi connectivity index (χ1) is 17.7. The van der Waals surface area contributed by atoms with Crippen LogP contribution in [0.5, 0.6) is 5.75 Å². The third kappa shape index (κ3) is 5.13. The highest BCUT2D eigenvalue weighted by molar-refractivity contribution is 7.92. The summed E-state index contributed by atoms with van der Waals surface area (Å²) >= 11 is 6.00. The molecule has 0 amide bonds. The topological polar surface area (TPSA) is 117 Å². The Morgan fingerprint density at radius 3 is 2.49 bits per heavy atom. The number of phenolic OH excluding ortho intramolecular Hbond substituents is 1. The standard InChI is InChI=1S/C25H16ClF2N5O3S/c26-20-10-17(3-5-23(20)34)32-25-19-8-14(1-4-22(19)30-13-31-25)15-7-18(12-29-11-15)33-37(35,36)24-6-2-16(27)9-21(24)28/h1-13,33-34H,(H,30,31,32). The number of pyridine rings is 1. The van der Waals surface area contributed by atoms with E-state index in [1.54, 1.807) is 30.3 Å². The molecule has 2 heterocycles. The minimum Gasteiger partial charge on any atom is -0.506 e. The second kappa shape index (κ2) is 9.60. The van der Waals surface area contributed by atoms with Gasteiger partial charge in [-0.15, -0.1) is 0 Å². The summed E-state index contributed by atoms with van der Waals surface area (Å²) in [5, 5.41) is 13.6. The van der Waals surface area contributed by atoms with Crippen LogP contribution in [-0.2, 0) is 10.0 Å². The molecule has 8 nitrogen and oxygen atoms in total. The van der Waals surface area contributed by atoms with E-state index in [1.807, 2.05) is 0 Å². The minimum absolute atomic E-state index is 0.0489. The normalized spacial score (nSPS) is 11.4. The number of hydrogen-bond acceptors (Lipinski definition) is 7. The Morgan fingerprint density at radius 2 is 1.70 bits per heavy atom. The van der Waals surface area contributed by atoms with Gasteiger partial charge in [-0.25, -0.2) is 27.2 Å². The Labute approximate surface area is 214 Å². The first-order valence-electron chi connectivity index (χ1n) is 10.6. The summed E-state index contributed by atoms with van der Waals surface area (Å²) in [6.07, 6.45) is 4.21.